The number of methoxy groups -OCH3 is 3. The summed E-state index contributed by atoms with van der Waals surface area (Å²) in [5.74, 6) is 2.11. The average molecular weight is 741 g/mol. The van der Waals surface area contributed by atoms with Crippen LogP contribution in [0, 0.1) is 5.92 Å². The van der Waals surface area contributed by atoms with E-state index in [2.05, 4.69) is 25.5 Å². The number of aromatic nitrogens is 5. The molecule has 0 unspecified atom stereocenters. The van der Waals surface area contributed by atoms with Crippen molar-refractivity contribution >= 4 is 34.3 Å². The van der Waals surface area contributed by atoms with Crippen LogP contribution in [0.4, 0.5) is 11.6 Å². The molecule has 2 aliphatic rings. The summed E-state index contributed by atoms with van der Waals surface area (Å²) in [6.45, 7) is 2.52. The summed E-state index contributed by atoms with van der Waals surface area (Å²) in [6.07, 6.45) is 9.20. The topological polar surface area (TPSA) is 166 Å². The van der Waals surface area contributed by atoms with Gasteiger partial charge in [0.1, 0.15) is 34.6 Å². The van der Waals surface area contributed by atoms with Crippen molar-refractivity contribution in [3.05, 3.63) is 102 Å². The molecular formula is C41H40N8O6. The maximum atomic E-state index is 12.8. The van der Waals surface area contributed by atoms with Gasteiger partial charge in [-0.2, -0.15) is 5.10 Å². The molecule has 1 saturated carbocycles. The van der Waals surface area contributed by atoms with Crippen molar-refractivity contribution in [3.8, 4) is 39.5 Å². The molecular weight excluding hydrogens is 701 g/mol. The molecule has 0 radical (unpaired) electrons. The molecule has 2 aromatic carbocycles. The Morgan fingerprint density at radius 1 is 0.873 bits per heavy atom. The summed E-state index contributed by atoms with van der Waals surface area (Å²) in [5, 5.41) is 22.1. The van der Waals surface area contributed by atoms with Crippen LogP contribution in [0.15, 0.2) is 85.5 Å². The fourth-order valence-corrected chi connectivity index (χ4v) is 6.94. The number of nitrogens with zero attached hydrogens (tertiary/aromatic N) is 6. The number of amides is 1. The first-order valence-electron chi connectivity index (χ1n) is 18.0. The number of carboxylic acids is 1. The van der Waals surface area contributed by atoms with Gasteiger partial charge in [0.25, 0.3) is 0 Å². The summed E-state index contributed by atoms with van der Waals surface area (Å²) < 4.78 is 19.1. The minimum atomic E-state index is -1.04. The fourth-order valence-electron chi connectivity index (χ4n) is 6.94. The third-order valence-corrected chi connectivity index (χ3v) is 10.1. The van der Waals surface area contributed by atoms with Crippen LogP contribution in [0.3, 0.4) is 0 Å². The molecule has 1 amide bonds. The Hall–Kier alpha value is -6.54. The van der Waals surface area contributed by atoms with E-state index in [0.29, 0.717) is 42.0 Å². The summed E-state index contributed by atoms with van der Waals surface area (Å²) in [7, 11) is 4.90. The lowest BCUT2D eigenvalue weighted by atomic mass is 9.96. The molecule has 55 heavy (non-hydrogen) atoms. The van der Waals surface area contributed by atoms with Gasteiger partial charge in [0.05, 0.1) is 39.3 Å². The number of rotatable bonds is 14. The van der Waals surface area contributed by atoms with Crippen molar-refractivity contribution in [1.82, 2.24) is 29.6 Å². The second-order valence-corrected chi connectivity index (χ2v) is 13.7. The number of hydrogen-bond acceptors (Lipinski definition) is 11. The Morgan fingerprint density at radius 3 is 2.45 bits per heavy atom. The number of carboxylic acid groups (broad SMARTS) is 1. The highest BCUT2D eigenvalue weighted by atomic mass is 16.5. The number of pyridine rings is 3. The molecule has 1 saturated heterocycles. The number of likely N-dealkylation sites (tertiary alicyclic amines) is 1. The molecule has 2 fully saturated rings. The van der Waals surface area contributed by atoms with Crippen LogP contribution in [0.5, 0.6) is 17.2 Å². The summed E-state index contributed by atoms with van der Waals surface area (Å²) >= 11 is 0. The van der Waals surface area contributed by atoms with Crippen molar-refractivity contribution in [2.24, 2.45) is 5.92 Å². The molecule has 280 valence electrons. The lowest BCUT2D eigenvalue weighted by Crippen LogP contribution is -2.47. The molecule has 1 aliphatic carbocycles. The predicted octanol–water partition coefficient (Wildman–Crippen LogP) is 6.30. The Morgan fingerprint density at radius 2 is 1.69 bits per heavy atom. The summed E-state index contributed by atoms with van der Waals surface area (Å²) in [5.41, 5.74) is 5.10. The van der Waals surface area contributed by atoms with Crippen LogP contribution in [-0.2, 0) is 17.9 Å². The number of aromatic carboxylic acids is 1. The molecule has 14 nitrogen and oxygen atoms in total. The zero-order valence-corrected chi connectivity index (χ0v) is 30.7. The van der Waals surface area contributed by atoms with E-state index in [1.165, 1.54) is 6.07 Å². The van der Waals surface area contributed by atoms with Crippen LogP contribution < -0.4 is 24.8 Å². The highest BCUT2D eigenvalue weighted by molar-refractivity contribution is 6.05. The third-order valence-electron chi connectivity index (χ3n) is 10.1. The summed E-state index contributed by atoms with van der Waals surface area (Å²) in [4.78, 5) is 40.1. The maximum Gasteiger partial charge on any atom is 0.354 e. The Balaban J connectivity index is 1.08. The third kappa shape index (κ3) is 7.36. The van der Waals surface area contributed by atoms with Gasteiger partial charge in [0.15, 0.2) is 0 Å². The number of ether oxygens (including phenoxy) is 3. The fraction of sp³-hybridized carbons (Fsp3) is 0.268. The van der Waals surface area contributed by atoms with E-state index < -0.39 is 5.97 Å². The van der Waals surface area contributed by atoms with Gasteiger partial charge >= 0.3 is 5.97 Å². The number of nitrogens with one attached hydrogen (secondary N) is 2. The molecule has 0 spiro atoms. The van der Waals surface area contributed by atoms with Crippen LogP contribution in [-0.4, -0.2) is 81.0 Å². The quantitative estimate of drug-likeness (QED) is 0.114. The molecule has 4 aromatic heterocycles. The monoisotopic (exact) mass is 740 g/mol. The van der Waals surface area contributed by atoms with E-state index in [1.54, 1.807) is 33.6 Å². The summed E-state index contributed by atoms with van der Waals surface area (Å²) in [6, 6.07) is 18.8. The van der Waals surface area contributed by atoms with Crippen molar-refractivity contribution in [3.63, 3.8) is 0 Å². The molecule has 0 atom stereocenters. The van der Waals surface area contributed by atoms with Gasteiger partial charge < -0.3 is 30.0 Å². The number of carbonyl (C=O) groups is 2. The van der Waals surface area contributed by atoms with E-state index in [-0.39, 0.29) is 23.6 Å². The number of benzene rings is 2. The number of anilines is 2. The van der Waals surface area contributed by atoms with Gasteiger partial charge in [-0.3, -0.25) is 14.4 Å². The SMILES string of the molecule is COc1ccc(CNc2ncc(-c3cccc(-c4cnn(C5CN(Cc6cccc(C(=O)O)n6)C5)c4)c3OC)c3cc(NC(=O)C4CC4)ncc23)c(OC)c1. The number of carbonyl (C=O) groups excluding carboxylic acids is 1. The van der Waals surface area contributed by atoms with Crippen molar-refractivity contribution in [1.29, 1.82) is 0 Å². The molecule has 5 heterocycles. The van der Waals surface area contributed by atoms with E-state index in [4.69, 9.17) is 24.3 Å². The van der Waals surface area contributed by atoms with E-state index in [0.717, 1.165) is 70.2 Å². The van der Waals surface area contributed by atoms with E-state index in [9.17, 15) is 14.7 Å². The Bertz CT molecular complexity index is 2400. The highest BCUT2D eigenvalue weighted by Gasteiger charge is 2.31. The minimum absolute atomic E-state index is 0.0253. The van der Waals surface area contributed by atoms with Gasteiger partial charge in [-0.15, -0.1) is 0 Å². The van der Waals surface area contributed by atoms with Crippen LogP contribution in [0.25, 0.3) is 33.0 Å². The molecule has 14 heteroatoms. The molecule has 1 aliphatic heterocycles. The van der Waals surface area contributed by atoms with Crippen LogP contribution in [0.2, 0.25) is 0 Å². The number of hydrogen-bond donors (Lipinski definition) is 3. The van der Waals surface area contributed by atoms with Gasteiger partial charge in [-0.25, -0.2) is 19.7 Å². The zero-order valence-electron chi connectivity index (χ0n) is 30.7. The first-order chi connectivity index (χ1) is 26.8. The van der Waals surface area contributed by atoms with Crippen molar-refractivity contribution < 1.29 is 28.9 Å². The van der Waals surface area contributed by atoms with Gasteiger partial charge in [-0.1, -0.05) is 24.3 Å². The highest BCUT2D eigenvalue weighted by Crippen LogP contribution is 2.43. The lowest BCUT2D eigenvalue weighted by Gasteiger charge is -2.39. The second kappa shape index (κ2) is 15.1. The zero-order chi connectivity index (χ0) is 38.1. The van der Waals surface area contributed by atoms with Crippen LogP contribution in [0.1, 0.15) is 40.6 Å². The molecule has 6 aromatic rings. The van der Waals surface area contributed by atoms with E-state index >= 15 is 0 Å². The lowest BCUT2D eigenvalue weighted by molar-refractivity contribution is -0.117. The first-order valence-corrected chi connectivity index (χ1v) is 18.0. The van der Waals surface area contributed by atoms with Gasteiger partial charge in [0.2, 0.25) is 5.91 Å². The Kier molecular flexibility index (Phi) is 9.72. The van der Waals surface area contributed by atoms with Crippen molar-refractivity contribution in [2.45, 2.75) is 32.0 Å². The average Bonchev–Trinajstić information content (AvgIpc) is 3.95. The number of fused-ring (bicyclic) bond motifs is 1. The molecule has 0 bridgehead atoms. The van der Waals surface area contributed by atoms with Crippen LogP contribution >= 0.6 is 0 Å². The van der Waals surface area contributed by atoms with Gasteiger partial charge in [0, 0.05) is 95.3 Å². The van der Waals surface area contributed by atoms with Gasteiger partial charge in [-0.05, 0) is 43.2 Å². The standard InChI is InChI=1S/C41H40N8O6/c1-53-29-13-12-25(36(14-29)54-2)16-43-39-34-19-42-37(47-40(50)24-10-11-24)15-32(34)33(18-44-39)31-8-5-7-30(38(31)55-3)26-17-45-49(20-26)28-22-48(23-28)21-27-6-4-9-35(46-27)41(51)52/h4-9,12-15,17-20,24,28H,10-11,16,21-23H2,1-3H3,(H,43,44)(H,51,52)(H,42,47,50). The molecule has 8 rings (SSSR count). The maximum absolute atomic E-state index is 12.8. The number of para-hydroxylation sites is 1. The predicted molar refractivity (Wildman–Crippen MR) is 206 cm³/mol. The van der Waals surface area contributed by atoms with E-state index in [1.807, 2.05) is 71.8 Å². The minimum Gasteiger partial charge on any atom is -0.497 e. The Labute approximate surface area is 317 Å². The first kappa shape index (κ1) is 35.5. The largest absolute Gasteiger partial charge is 0.497 e. The second-order valence-electron chi connectivity index (χ2n) is 13.7. The normalized spacial score (nSPS) is 14.3. The smallest absolute Gasteiger partial charge is 0.354 e. The van der Waals surface area contributed by atoms with Crippen molar-refractivity contribution in [2.75, 3.05) is 45.1 Å². The molecule has 3 N–H and O–H groups in total.